The van der Waals surface area contributed by atoms with Crippen molar-refractivity contribution >= 4 is 21.7 Å². The van der Waals surface area contributed by atoms with Gasteiger partial charge in [-0.05, 0) is 0 Å². The van der Waals surface area contributed by atoms with Crippen LogP contribution in [0.4, 0.5) is 18.9 Å². The van der Waals surface area contributed by atoms with E-state index in [1.165, 1.54) is 4.72 Å². The molecule has 0 aliphatic rings. The first kappa shape index (κ1) is 14.3. The topological polar surface area (TPSA) is 83.5 Å². The van der Waals surface area contributed by atoms with Gasteiger partial charge in [0.15, 0.2) is 11.6 Å². The Hall–Kier alpha value is -1.77. The largest absolute Gasteiger partial charge is 0.481 e. The predicted octanol–water partition coefficient (Wildman–Crippen LogP) is 1.32. The molecule has 18 heavy (non-hydrogen) atoms. The van der Waals surface area contributed by atoms with E-state index < -0.39 is 51.3 Å². The number of carboxylic acid groups (broad SMARTS) is 1. The Morgan fingerprint density at radius 3 is 2.17 bits per heavy atom. The fourth-order valence-corrected chi connectivity index (χ4v) is 2.12. The average molecular weight is 283 g/mol. The molecule has 0 aromatic heterocycles. The summed E-state index contributed by atoms with van der Waals surface area (Å²) in [5.74, 6) is -6.27. The molecule has 0 saturated carbocycles. The molecule has 2 N–H and O–H groups in total. The number of sulfonamides is 1. The minimum absolute atomic E-state index is 0.304. The van der Waals surface area contributed by atoms with Crippen molar-refractivity contribution in [2.45, 2.75) is 6.42 Å². The van der Waals surface area contributed by atoms with E-state index >= 15 is 0 Å². The van der Waals surface area contributed by atoms with E-state index in [1.807, 2.05) is 0 Å². The van der Waals surface area contributed by atoms with Gasteiger partial charge in [0.25, 0.3) is 0 Å². The molecular formula is C9H8F3NO4S. The van der Waals surface area contributed by atoms with Crippen molar-refractivity contribution in [3.63, 3.8) is 0 Å². The number of hydrogen-bond acceptors (Lipinski definition) is 3. The van der Waals surface area contributed by atoms with E-state index in [2.05, 4.69) is 0 Å². The summed E-state index contributed by atoms with van der Waals surface area (Å²) in [5.41, 5.74) is -1.04. The van der Waals surface area contributed by atoms with E-state index in [-0.39, 0.29) is 0 Å². The molecule has 1 rings (SSSR count). The Labute approximate surface area is 100 Å². The van der Waals surface area contributed by atoms with Gasteiger partial charge in [0.05, 0.1) is 12.2 Å². The minimum atomic E-state index is -4.22. The monoisotopic (exact) mass is 283 g/mol. The second-order valence-corrected chi connectivity index (χ2v) is 5.15. The van der Waals surface area contributed by atoms with Crippen LogP contribution in [0.5, 0.6) is 0 Å². The van der Waals surface area contributed by atoms with Crippen LogP contribution in [0.2, 0.25) is 0 Å². The zero-order chi connectivity index (χ0) is 13.9. The number of hydrogen-bond donors (Lipinski definition) is 2. The third-order valence-electron chi connectivity index (χ3n) is 1.85. The van der Waals surface area contributed by atoms with Gasteiger partial charge in [0, 0.05) is 12.1 Å². The quantitative estimate of drug-likeness (QED) is 0.853. The van der Waals surface area contributed by atoms with Crippen LogP contribution in [0.25, 0.3) is 0 Å². The molecular weight excluding hydrogens is 275 g/mol. The number of anilines is 1. The van der Waals surface area contributed by atoms with Crippen LogP contribution in [-0.4, -0.2) is 25.2 Å². The Balaban J connectivity index is 2.94. The molecule has 9 heteroatoms. The lowest BCUT2D eigenvalue weighted by Gasteiger charge is -2.09. The summed E-state index contributed by atoms with van der Waals surface area (Å²) in [6.45, 7) is 0. The molecule has 100 valence electrons. The van der Waals surface area contributed by atoms with E-state index in [4.69, 9.17) is 5.11 Å². The van der Waals surface area contributed by atoms with Gasteiger partial charge in [-0.3, -0.25) is 9.52 Å². The molecule has 0 heterocycles. The van der Waals surface area contributed by atoms with Crippen molar-refractivity contribution in [1.82, 2.24) is 0 Å². The first-order valence-electron chi connectivity index (χ1n) is 4.58. The number of nitrogens with one attached hydrogen (secondary N) is 1. The van der Waals surface area contributed by atoms with Gasteiger partial charge in [0.1, 0.15) is 11.5 Å². The number of benzene rings is 1. The summed E-state index contributed by atoms with van der Waals surface area (Å²) in [5, 5.41) is 8.30. The maximum atomic E-state index is 13.1. The molecule has 1 aromatic carbocycles. The lowest BCUT2D eigenvalue weighted by Crippen LogP contribution is -2.20. The van der Waals surface area contributed by atoms with Gasteiger partial charge in [-0.2, -0.15) is 0 Å². The van der Waals surface area contributed by atoms with Crippen molar-refractivity contribution in [2.75, 3.05) is 10.5 Å². The standard InChI is InChI=1S/C9H8F3NO4S/c10-5-3-6(11)9(7(12)4-5)13-18(16,17)2-1-8(14)15/h3-4,13H,1-2H2,(H,14,15). The van der Waals surface area contributed by atoms with E-state index in [9.17, 15) is 26.4 Å². The highest BCUT2D eigenvalue weighted by atomic mass is 32.2. The molecule has 0 radical (unpaired) electrons. The summed E-state index contributed by atoms with van der Waals surface area (Å²) in [6.07, 6.45) is -0.722. The molecule has 1 aromatic rings. The first-order chi connectivity index (χ1) is 8.21. The molecule has 0 aliphatic carbocycles. The van der Waals surface area contributed by atoms with Crippen LogP contribution in [0.1, 0.15) is 6.42 Å². The zero-order valence-corrected chi connectivity index (χ0v) is 9.60. The Morgan fingerprint density at radius 1 is 1.22 bits per heavy atom. The summed E-state index contributed by atoms with van der Waals surface area (Å²) >= 11 is 0. The van der Waals surface area contributed by atoms with Crippen molar-refractivity contribution in [2.24, 2.45) is 0 Å². The molecule has 0 saturated heterocycles. The van der Waals surface area contributed by atoms with Crippen molar-refractivity contribution in [3.8, 4) is 0 Å². The third kappa shape index (κ3) is 3.91. The Morgan fingerprint density at radius 2 is 1.72 bits per heavy atom. The van der Waals surface area contributed by atoms with Crippen molar-refractivity contribution in [1.29, 1.82) is 0 Å². The lowest BCUT2D eigenvalue weighted by atomic mass is 10.3. The smallest absolute Gasteiger partial charge is 0.304 e. The van der Waals surface area contributed by atoms with Gasteiger partial charge >= 0.3 is 5.97 Å². The van der Waals surface area contributed by atoms with Crippen molar-refractivity contribution < 1.29 is 31.5 Å². The lowest BCUT2D eigenvalue weighted by molar-refractivity contribution is -0.136. The second-order valence-electron chi connectivity index (χ2n) is 3.31. The number of carboxylic acids is 1. The molecule has 0 spiro atoms. The molecule has 0 unspecified atom stereocenters. The molecule has 0 bridgehead atoms. The molecule has 0 fully saturated rings. The van der Waals surface area contributed by atoms with Crippen LogP contribution in [-0.2, 0) is 14.8 Å². The highest BCUT2D eigenvalue weighted by molar-refractivity contribution is 7.92. The Kier molecular flexibility index (Phi) is 4.17. The van der Waals surface area contributed by atoms with Crippen LogP contribution in [0.3, 0.4) is 0 Å². The average Bonchev–Trinajstić information content (AvgIpc) is 2.21. The number of carbonyl (C=O) groups is 1. The van der Waals surface area contributed by atoms with Crippen LogP contribution in [0.15, 0.2) is 12.1 Å². The number of aliphatic carboxylic acids is 1. The summed E-state index contributed by atoms with van der Waals surface area (Å²) < 4.78 is 62.9. The SMILES string of the molecule is O=C(O)CCS(=O)(=O)Nc1c(F)cc(F)cc1F. The van der Waals surface area contributed by atoms with Gasteiger partial charge in [0.2, 0.25) is 10.0 Å². The van der Waals surface area contributed by atoms with E-state index in [0.717, 1.165) is 0 Å². The first-order valence-corrected chi connectivity index (χ1v) is 6.23. The van der Waals surface area contributed by atoms with Crippen LogP contribution in [0, 0.1) is 17.5 Å². The number of halogens is 3. The fourth-order valence-electron chi connectivity index (χ4n) is 1.07. The van der Waals surface area contributed by atoms with Crippen LogP contribution >= 0.6 is 0 Å². The van der Waals surface area contributed by atoms with Crippen LogP contribution < -0.4 is 4.72 Å². The van der Waals surface area contributed by atoms with Gasteiger partial charge in [-0.25, -0.2) is 21.6 Å². The van der Waals surface area contributed by atoms with Gasteiger partial charge in [-0.15, -0.1) is 0 Å². The third-order valence-corrected chi connectivity index (χ3v) is 3.11. The maximum absolute atomic E-state index is 13.1. The van der Waals surface area contributed by atoms with E-state index in [1.54, 1.807) is 0 Å². The predicted molar refractivity (Wildman–Crippen MR) is 56.0 cm³/mol. The molecule has 0 aliphatic heterocycles. The highest BCUT2D eigenvalue weighted by Crippen LogP contribution is 2.21. The van der Waals surface area contributed by atoms with Crippen molar-refractivity contribution in [3.05, 3.63) is 29.6 Å². The summed E-state index contributed by atoms with van der Waals surface area (Å²) in [4.78, 5) is 10.2. The Bertz CT molecular complexity index is 550. The summed E-state index contributed by atoms with van der Waals surface area (Å²) in [7, 11) is -4.22. The normalized spacial score (nSPS) is 11.3. The highest BCUT2D eigenvalue weighted by Gasteiger charge is 2.19. The molecule has 0 amide bonds. The number of rotatable bonds is 5. The zero-order valence-electron chi connectivity index (χ0n) is 8.78. The second kappa shape index (κ2) is 5.25. The fraction of sp³-hybridized carbons (Fsp3) is 0.222. The molecule has 5 nitrogen and oxygen atoms in total. The van der Waals surface area contributed by atoms with Gasteiger partial charge < -0.3 is 5.11 Å². The summed E-state index contributed by atoms with van der Waals surface area (Å²) in [6, 6.07) is 0.607. The van der Waals surface area contributed by atoms with Gasteiger partial charge in [-0.1, -0.05) is 0 Å². The maximum Gasteiger partial charge on any atom is 0.304 e. The van der Waals surface area contributed by atoms with E-state index in [0.29, 0.717) is 12.1 Å². The minimum Gasteiger partial charge on any atom is -0.481 e. The molecule has 0 atom stereocenters.